The van der Waals surface area contributed by atoms with Gasteiger partial charge in [0.2, 0.25) is 0 Å². The van der Waals surface area contributed by atoms with Gasteiger partial charge in [-0.25, -0.2) is 0 Å². The van der Waals surface area contributed by atoms with E-state index in [0.29, 0.717) is 17.1 Å². The van der Waals surface area contributed by atoms with Gasteiger partial charge in [-0.05, 0) is 43.2 Å². The second-order valence-corrected chi connectivity index (χ2v) is 6.01. The molecule has 1 atom stereocenters. The van der Waals surface area contributed by atoms with Crippen LogP contribution < -0.4 is 19.5 Å². The van der Waals surface area contributed by atoms with Gasteiger partial charge in [-0.1, -0.05) is 31.2 Å². The lowest BCUT2D eigenvalue weighted by molar-refractivity contribution is 0.0935. The molecule has 1 N–H and O–H groups in total. The van der Waals surface area contributed by atoms with E-state index in [0.717, 1.165) is 23.3 Å². The van der Waals surface area contributed by atoms with E-state index in [-0.39, 0.29) is 11.9 Å². The van der Waals surface area contributed by atoms with Gasteiger partial charge in [0.05, 0.1) is 27.4 Å². The highest BCUT2D eigenvalue weighted by molar-refractivity contribution is 5.96. The molecule has 0 saturated heterocycles. The first kappa shape index (κ1) is 20.4. The zero-order valence-corrected chi connectivity index (χ0v) is 16.5. The summed E-state index contributed by atoms with van der Waals surface area (Å²) < 4.78 is 16.0. The molecule has 5 heteroatoms. The van der Waals surface area contributed by atoms with Crippen molar-refractivity contribution in [2.75, 3.05) is 21.3 Å². The molecule has 2 rings (SSSR count). The summed E-state index contributed by atoms with van der Waals surface area (Å²) in [5, 5.41) is 3.09. The molecule has 0 unspecified atom stereocenters. The fourth-order valence-electron chi connectivity index (χ4n) is 2.93. The molecule has 0 saturated carbocycles. The van der Waals surface area contributed by atoms with Crippen LogP contribution in [-0.2, 0) is 0 Å². The highest BCUT2D eigenvalue weighted by Crippen LogP contribution is 2.34. The molecule has 0 aromatic heterocycles. The van der Waals surface area contributed by atoms with Crippen molar-refractivity contribution in [3.05, 3.63) is 59.2 Å². The lowest BCUT2D eigenvalue weighted by Gasteiger charge is -2.19. The van der Waals surface area contributed by atoms with E-state index in [2.05, 4.69) is 5.32 Å². The Bertz CT molecular complexity index is 797. The fourth-order valence-corrected chi connectivity index (χ4v) is 2.93. The van der Waals surface area contributed by atoms with E-state index in [9.17, 15) is 4.79 Å². The quantitative estimate of drug-likeness (QED) is 0.737. The standard InChI is InChI=1S/C22H27NO4/c1-6-8-16-13-17(14-20(26-4)21(16)27-5)22(24)23-19(7-2)15-9-11-18(25-3)12-10-15/h6,8-14,19H,7H2,1-5H3,(H,23,24)/b8-6-/t19-/m1/s1. The van der Waals surface area contributed by atoms with Gasteiger partial charge in [0.15, 0.2) is 11.5 Å². The summed E-state index contributed by atoms with van der Waals surface area (Å²) >= 11 is 0. The average molecular weight is 369 g/mol. The number of amides is 1. The van der Waals surface area contributed by atoms with E-state index in [4.69, 9.17) is 14.2 Å². The Morgan fingerprint density at radius 1 is 1.07 bits per heavy atom. The van der Waals surface area contributed by atoms with Gasteiger partial charge in [0, 0.05) is 11.1 Å². The Kier molecular flexibility index (Phi) is 7.29. The van der Waals surface area contributed by atoms with E-state index >= 15 is 0 Å². The Morgan fingerprint density at radius 2 is 1.78 bits per heavy atom. The molecule has 0 fully saturated rings. The number of carbonyl (C=O) groups is 1. The smallest absolute Gasteiger partial charge is 0.251 e. The Morgan fingerprint density at radius 3 is 2.30 bits per heavy atom. The van der Waals surface area contributed by atoms with Gasteiger partial charge >= 0.3 is 0 Å². The average Bonchev–Trinajstić information content (AvgIpc) is 2.71. The molecule has 0 aliphatic rings. The maximum Gasteiger partial charge on any atom is 0.251 e. The molecule has 144 valence electrons. The van der Waals surface area contributed by atoms with Crippen LogP contribution >= 0.6 is 0 Å². The predicted molar refractivity (Wildman–Crippen MR) is 108 cm³/mol. The number of rotatable bonds is 8. The Labute approximate surface area is 161 Å². The van der Waals surface area contributed by atoms with Crippen LogP contribution in [0.1, 0.15) is 47.8 Å². The summed E-state index contributed by atoms with van der Waals surface area (Å²) in [4.78, 5) is 12.9. The van der Waals surface area contributed by atoms with Crippen molar-refractivity contribution < 1.29 is 19.0 Å². The molecule has 0 bridgehead atoms. The molecular formula is C22H27NO4. The molecule has 0 radical (unpaired) electrons. The van der Waals surface area contributed by atoms with Gasteiger partial charge < -0.3 is 19.5 Å². The Hall–Kier alpha value is -2.95. The second kappa shape index (κ2) is 9.67. The highest BCUT2D eigenvalue weighted by atomic mass is 16.5. The largest absolute Gasteiger partial charge is 0.497 e. The third-order valence-corrected chi connectivity index (χ3v) is 4.35. The lowest BCUT2D eigenvalue weighted by Crippen LogP contribution is -2.28. The molecule has 2 aromatic carbocycles. The van der Waals surface area contributed by atoms with Gasteiger partial charge in [-0.2, -0.15) is 0 Å². The van der Waals surface area contributed by atoms with Gasteiger partial charge in [0.25, 0.3) is 5.91 Å². The van der Waals surface area contributed by atoms with E-state index in [1.165, 1.54) is 0 Å². The molecule has 0 heterocycles. The van der Waals surface area contributed by atoms with Crippen LogP contribution in [0.25, 0.3) is 6.08 Å². The number of carbonyl (C=O) groups excluding carboxylic acids is 1. The normalized spacial score (nSPS) is 11.9. The molecule has 0 aliphatic heterocycles. The zero-order chi connectivity index (χ0) is 19.8. The minimum absolute atomic E-state index is 0.0957. The van der Waals surface area contributed by atoms with Crippen LogP contribution in [0.5, 0.6) is 17.2 Å². The van der Waals surface area contributed by atoms with E-state index < -0.39 is 0 Å². The maximum absolute atomic E-state index is 12.9. The second-order valence-electron chi connectivity index (χ2n) is 6.01. The summed E-state index contributed by atoms with van der Waals surface area (Å²) in [5.74, 6) is 1.75. The minimum atomic E-state index is -0.163. The van der Waals surface area contributed by atoms with E-state index in [1.54, 1.807) is 33.5 Å². The van der Waals surface area contributed by atoms with Crippen molar-refractivity contribution in [3.63, 3.8) is 0 Å². The van der Waals surface area contributed by atoms with Crippen LogP contribution in [0.4, 0.5) is 0 Å². The highest BCUT2D eigenvalue weighted by Gasteiger charge is 2.18. The fraction of sp³-hybridized carbons (Fsp3) is 0.318. The zero-order valence-electron chi connectivity index (χ0n) is 16.5. The van der Waals surface area contributed by atoms with Crippen molar-refractivity contribution in [3.8, 4) is 17.2 Å². The number of benzene rings is 2. The number of allylic oxidation sites excluding steroid dienone is 1. The van der Waals surface area contributed by atoms with Crippen molar-refractivity contribution in [1.29, 1.82) is 0 Å². The van der Waals surface area contributed by atoms with Crippen molar-refractivity contribution in [2.24, 2.45) is 0 Å². The monoisotopic (exact) mass is 369 g/mol. The van der Waals surface area contributed by atoms with Crippen LogP contribution in [0, 0.1) is 0 Å². The molecule has 0 aliphatic carbocycles. The molecule has 5 nitrogen and oxygen atoms in total. The maximum atomic E-state index is 12.9. The summed E-state index contributed by atoms with van der Waals surface area (Å²) in [6.45, 7) is 3.95. The predicted octanol–water partition coefficient (Wildman–Crippen LogP) is 4.63. The molecular weight excluding hydrogens is 342 g/mol. The van der Waals surface area contributed by atoms with E-state index in [1.807, 2.05) is 50.3 Å². The summed E-state index contributed by atoms with van der Waals surface area (Å²) in [6.07, 6.45) is 4.55. The van der Waals surface area contributed by atoms with Gasteiger partial charge in [-0.15, -0.1) is 0 Å². The minimum Gasteiger partial charge on any atom is -0.497 e. The van der Waals surface area contributed by atoms with Crippen molar-refractivity contribution >= 4 is 12.0 Å². The first-order valence-corrected chi connectivity index (χ1v) is 8.91. The summed E-state index contributed by atoms with van der Waals surface area (Å²) in [6, 6.07) is 11.1. The number of nitrogens with one attached hydrogen (secondary N) is 1. The summed E-state index contributed by atoms with van der Waals surface area (Å²) in [7, 11) is 4.78. The third kappa shape index (κ3) is 4.82. The van der Waals surface area contributed by atoms with Crippen LogP contribution in [0.15, 0.2) is 42.5 Å². The summed E-state index contributed by atoms with van der Waals surface area (Å²) in [5.41, 5.74) is 2.34. The van der Waals surface area contributed by atoms with Gasteiger partial charge in [-0.3, -0.25) is 4.79 Å². The SMILES string of the molecule is C/C=C\c1cc(C(=O)N[C@H](CC)c2ccc(OC)cc2)cc(OC)c1OC. The van der Waals surface area contributed by atoms with Crippen molar-refractivity contribution in [2.45, 2.75) is 26.3 Å². The van der Waals surface area contributed by atoms with Gasteiger partial charge in [0.1, 0.15) is 5.75 Å². The molecule has 1 amide bonds. The number of hydrogen-bond donors (Lipinski definition) is 1. The first-order chi connectivity index (χ1) is 13.1. The topological polar surface area (TPSA) is 56.8 Å². The van der Waals surface area contributed by atoms with Crippen LogP contribution in [0.3, 0.4) is 0 Å². The van der Waals surface area contributed by atoms with Crippen LogP contribution in [-0.4, -0.2) is 27.2 Å². The molecule has 2 aromatic rings. The number of ether oxygens (including phenoxy) is 3. The third-order valence-electron chi connectivity index (χ3n) is 4.35. The van der Waals surface area contributed by atoms with Crippen molar-refractivity contribution in [1.82, 2.24) is 5.32 Å². The number of hydrogen-bond acceptors (Lipinski definition) is 4. The molecule has 0 spiro atoms. The molecule has 27 heavy (non-hydrogen) atoms. The first-order valence-electron chi connectivity index (χ1n) is 8.91. The lowest BCUT2D eigenvalue weighted by atomic mass is 10.0. The van der Waals surface area contributed by atoms with Crippen LogP contribution in [0.2, 0.25) is 0 Å². The Balaban J connectivity index is 2.30. The number of methoxy groups -OCH3 is 3.